The predicted octanol–water partition coefficient (Wildman–Crippen LogP) is 3.03. The van der Waals surface area contributed by atoms with Crippen LogP contribution in [0, 0.1) is 0 Å². The molecule has 0 aliphatic rings. The lowest BCUT2D eigenvalue weighted by Crippen LogP contribution is -2.09. The summed E-state index contributed by atoms with van der Waals surface area (Å²) >= 11 is 12.9. The van der Waals surface area contributed by atoms with Gasteiger partial charge in [-0.1, -0.05) is 11.6 Å². The van der Waals surface area contributed by atoms with Crippen LogP contribution in [0.15, 0.2) is 29.2 Å². The van der Waals surface area contributed by atoms with Gasteiger partial charge in [-0.15, -0.1) is 23.4 Å². The van der Waals surface area contributed by atoms with Crippen molar-refractivity contribution < 1.29 is 5.11 Å². The summed E-state index contributed by atoms with van der Waals surface area (Å²) in [5.74, 6) is 0.448. The SMILES string of the molecule is OCC(CCl)Sc1ccc(Cl)cc1. The summed E-state index contributed by atoms with van der Waals surface area (Å²) in [5.41, 5.74) is 0. The Morgan fingerprint density at radius 1 is 1.31 bits per heavy atom. The van der Waals surface area contributed by atoms with E-state index in [1.807, 2.05) is 24.3 Å². The fourth-order valence-electron chi connectivity index (χ4n) is 0.823. The number of benzene rings is 1. The molecule has 1 nitrogen and oxygen atoms in total. The first-order valence-corrected chi connectivity index (χ1v) is 5.64. The van der Waals surface area contributed by atoms with Gasteiger partial charge in [0.05, 0.1) is 6.61 Å². The largest absolute Gasteiger partial charge is 0.395 e. The van der Waals surface area contributed by atoms with Gasteiger partial charge < -0.3 is 5.11 Å². The van der Waals surface area contributed by atoms with Crippen LogP contribution in [0.1, 0.15) is 0 Å². The van der Waals surface area contributed by atoms with Crippen molar-refractivity contribution >= 4 is 35.0 Å². The third kappa shape index (κ3) is 3.77. The average Bonchev–Trinajstić information content (AvgIpc) is 2.17. The summed E-state index contributed by atoms with van der Waals surface area (Å²) in [5, 5.41) is 9.69. The molecule has 1 unspecified atom stereocenters. The van der Waals surface area contributed by atoms with Crippen LogP contribution in [0.5, 0.6) is 0 Å². The summed E-state index contributed by atoms with van der Waals surface area (Å²) in [6.07, 6.45) is 0. The molecule has 0 spiro atoms. The molecule has 0 heterocycles. The van der Waals surface area contributed by atoms with E-state index in [1.165, 1.54) is 0 Å². The van der Waals surface area contributed by atoms with Crippen LogP contribution in [-0.2, 0) is 0 Å². The van der Waals surface area contributed by atoms with Gasteiger partial charge in [-0.25, -0.2) is 0 Å². The van der Waals surface area contributed by atoms with Crippen LogP contribution in [0.2, 0.25) is 5.02 Å². The molecule has 0 aliphatic carbocycles. The lowest BCUT2D eigenvalue weighted by Gasteiger charge is -2.09. The standard InChI is InChI=1S/C9H10Cl2OS/c10-5-9(6-12)13-8-3-1-7(11)2-4-8/h1-4,9,12H,5-6H2. The molecule has 0 bridgehead atoms. The van der Waals surface area contributed by atoms with Crippen molar-refractivity contribution in [3.05, 3.63) is 29.3 Å². The number of hydrogen-bond acceptors (Lipinski definition) is 2. The maximum atomic E-state index is 8.91. The van der Waals surface area contributed by atoms with Crippen molar-refractivity contribution in [3.8, 4) is 0 Å². The lowest BCUT2D eigenvalue weighted by atomic mass is 10.4. The molecule has 1 aromatic carbocycles. The number of aliphatic hydroxyl groups is 1. The van der Waals surface area contributed by atoms with Crippen molar-refractivity contribution in [2.75, 3.05) is 12.5 Å². The Morgan fingerprint density at radius 3 is 2.38 bits per heavy atom. The number of rotatable bonds is 4. The maximum absolute atomic E-state index is 8.91. The molecule has 1 rings (SSSR count). The van der Waals surface area contributed by atoms with Crippen molar-refractivity contribution in [2.24, 2.45) is 0 Å². The number of halogens is 2. The van der Waals surface area contributed by atoms with Crippen LogP contribution in [0.4, 0.5) is 0 Å². The molecule has 0 aromatic heterocycles. The minimum absolute atomic E-state index is 0.0582. The molecule has 72 valence electrons. The molecule has 13 heavy (non-hydrogen) atoms. The van der Waals surface area contributed by atoms with Gasteiger partial charge in [0.1, 0.15) is 0 Å². The zero-order valence-electron chi connectivity index (χ0n) is 6.91. The summed E-state index contributed by atoms with van der Waals surface area (Å²) < 4.78 is 0. The van der Waals surface area contributed by atoms with E-state index in [0.29, 0.717) is 5.88 Å². The molecule has 1 atom stereocenters. The van der Waals surface area contributed by atoms with Gasteiger partial charge in [-0.3, -0.25) is 0 Å². The molecule has 0 fully saturated rings. The number of hydrogen-bond donors (Lipinski definition) is 1. The Morgan fingerprint density at radius 2 is 1.92 bits per heavy atom. The molecule has 0 saturated heterocycles. The summed E-state index contributed by atoms with van der Waals surface area (Å²) in [7, 11) is 0. The van der Waals surface area contributed by atoms with E-state index < -0.39 is 0 Å². The Balaban J connectivity index is 2.58. The average molecular weight is 237 g/mol. The molecule has 1 N–H and O–H groups in total. The van der Waals surface area contributed by atoms with E-state index in [9.17, 15) is 0 Å². The molecule has 0 saturated carbocycles. The van der Waals surface area contributed by atoms with Crippen LogP contribution in [0.3, 0.4) is 0 Å². The third-order valence-electron chi connectivity index (χ3n) is 1.49. The first-order chi connectivity index (χ1) is 6.26. The van der Waals surface area contributed by atoms with Gasteiger partial charge in [0, 0.05) is 21.0 Å². The van der Waals surface area contributed by atoms with Gasteiger partial charge in [0.2, 0.25) is 0 Å². The first-order valence-electron chi connectivity index (χ1n) is 3.85. The Kier molecular flexibility index (Phi) is 4.96. The van der Waals surface area contributed by atoms with Gasteiger partial charge >= 0.3 is 0 Å². The fraction of sp³-hybridized carbons (Fsp3) is 0.333. The minimum Gasteiger partial charge on any atom is -0.395 e. The van der Waals surface area contributed by atoms with E-state index in [1.54, 1.807) is 11.8 Å². The van der Waals surface area contributed by atoms with Crippen molar-refractivity contribution in [1.29, 1.82) is 0 Å². The van der Waals surface area contributed by atoms with Crippen molar-refractivity contribution in [3.63, 3.8) is 0 Å². The second-order valence-corrected chi connectivity index (χ2v) is 4.65. The lowest BCUT2D eigenvalue weighted by molar-refractivity contribution is 0.301. The zero-order valence-corrected chi connectivity index (χ0v) is 9.24. The van der Waals surface area contributed by atoms with Gasteiger partial charge in [-0.05, 0) is 24.3 Å². The Bertz CT molecular complexity index is 246. The molecular weight excluding hydrogens is 227 g/mol. The Hall–Kier alpha value is 0.110. The van der Waals surface area contributed by atoms with E-state index >= 15 is 0 Å². The Labute approximate surface area is 92.1 Å². The monoisotopic (exact) mass is 236 g/mol. The van der Waals surface area contributed by atoms with Gasteiger partial charge in [0.15, 0.2) is 0 Å². The predicted molar refractivity (Wildman–Crippen MR) is 58.9 cm³/mol. The van der Waals surface area contributed by atoms with Gasteiger partial charge in [-0.2, -0.15) is 0 Å². The van der Waals surface area contributed by atoms with Gasteiger partial charge in [0.25, 0.3) is 0 Å². The van der Waals surface area contributed by atoms with Crippen LogP contribution in [0.25, 0.3) is 0 Å². The van der Waals surface area contributed by atoms with Crippen LogP contribution < -0.4 is 0 Å². The topological polar surface area (TPSA) is 20.2 Å². The number of alkyl halides is 1. The number of aliphatic hydroxyl groups excluding tert-OH is 1. The molecule has 4 heteroatoms. The quantitative estimate of drug-likeness (QED) is 0.641. The second-order valence-electron chi connectivity index (χ2n) is 2.53. The maximum Gasteiger partial charge on any atom is 0.0565 e. The zero-order chi connectivity index (χ0) is 9.68. The normalized spacial score (nSPS) is 12.8. The third-order valence-corrected chi connectivity index (χ3v) is 3.49. The summed E-state index contributed by atoms with van der Waals surface area (Å²) in [4.78, 5) is 1.07. The highest BCUT2D eigenvalue weighted by Gasteiger charge is 2.06. The first kappa shape index (κ1) is 11.2. The smallest absolute Gasteiger partial charge is 0.0565 e. The molecule has 0 radical (unpaired) electrons. The van der Waals surface area contributed by atoms with Crippen LogP contribution in [-0.4, -0.2) is 22.8 Å². The van der Waals surface area contributed by atoms with E-state index in [2.05, 4.69) is 0 Å². The number of thioether (sulfide) groups is 1. The van der Waals surface area contributed by atoms with E-state index in [-0.39, 0.29) is 11.9 Å². The highest BCUT2D eigenvalue weighted by atomic mass is 35.5. The molecule has 1 aromatic rings. The summed E-state index contributed by atoms with van der Waals surface area (Å²) in [6, 6.07) is 7.49. The van der Waals surface area contributed by atoms with Crippen LogP contribution >= 0.6 is 35.0 Å². The molecule has 0 aliphatic heterocycles. The second kappa shape index (κ2) is 5.76. The molecule has 0 amide bonds. The minimum atomic E-state index is 0.0582. The van der Waals surface area contributed by atoms with E-state index in [4.69, 9.17) is 28.3 Å². The van der Waals surface area contributed by atoms with Crippen molar-refractivity contribution in [1.82, 2.24) is 0 Å². The van der Waals surface area contributed by atoms with Crippen molar-refractivity contribution in [2.45, 2.75) is 10.1 Å². The summed E-state index contributed by atoms with van der Waals surface area (Å²) in [6.45, 7) is 0.0940. The highest BCUT2D eigenvalue weighted by molar-refractivity contribution is 8.00. The fourth-order valence-corrected chi connectivity index (χ4v) is 2.05. The highest BCUT2D eigenvalue weighted by Crippen LogP contribution is 2.25. The molecular formula is C9H10Cl2OS. The van der Waals surface area contributed by atoms with E-state index in [0.717, 1.165) is 9.92 Å².